The number of hydrogen-bond acceptors (Lipinski definition) is 4. The summed E-state index contributed by atoms with van der Waals surface area (Å²) in [6, 6.07) is 8.75. The Morgan fingerprint density at radius 1 is 1.19 bits per heavy atom. The van der Waals surface area contributed by atoms with Gasteiger partial charge in [-0.3, -0.25) is 9.59 Å². The molecular formula is C10H10O4S2. The fourth-order valence-corrected chi connectivity index (χ4v) is 3.17. The summed E-state index contributed by atoms with van der Waals surface area (Å²) in [5.74, 6) is -2.02. The minimum atomic E-state index is -0.964. The van der Waals surface area contributed by atoms with Gasteiger partial charge in [-0.2, -0.15) is 0 Å². The van der Waals surface area contributed by atoms with Crippen LogP contribution < -0.4 is 0 Å². The lowest BCUT2D eigenvalue weighted by Gasteiger charge is -2.10. The molecule has 86 valence electrons. The van der Waals surface area contributed by atoms with Crippen LogP contribution in [0.5, 0.6) is 0 Å². The number of carboxylic acid groups (broad SMARTS) is 2. The normalized spacial score (nSPS) is 12.0. The second kappa shape index (κ2) is 6.44. The molecule has 6 heteroatoms. The van der Waals surface area contributed by atoms with Gasteiger partial charge in [-0.25, -0.2) is 0 Å². The minimum Gasteiger partial charge on any atom is -0.481 e. The van der Waals surface area contributed by atoms with Crippen molar-refractivity contribution in [3.05, 3.63) is 35.9 Å². The van der Waals surface area contributed by atoms with Gasteiger partial charge in [0, 0.05) is 0 Å². The van der Waals surface area contributed by atoms with Gasteiger partial charge < -0.3 is 10.2 Å². The third-order valence-corrected chi connectivity index (χ3v) is 4.18. The fourth-order valence-electron chi connectivity index (χ4n) is 1.02. The molecule has 0 fully saturated rings. The van der Waals surface area contributed by atoms with Crippen LogP contribution >= 0.6 is 21.6 Å². The SMILES string of the molecule is O=C(O)CSSC(C(=O)O)c1ccccc1. The summed E-state index contributed by atoms with van der Waals surface area (Å²) >= 11 is 0. The maximum absolute atomic E-state index is 11.0. The lowest BCUT2D eigenvalue weighted by molar-refractivity contribution is -0.136. The Kier molecular flexibility index (Phi) is 5.21. The zero-order chi connectivity index (χ0) is 12.0. The van der Waals surface area contributed by atoms with Crippen molar-refractivity contribution in [1.82, 2.24) is 0 Å². The molecule has 4 nitrogen and oxygen atoms in total. The Hall–Kier alpha value is -1.14. The topological polar surface area (TPSA) is 74.6 Å². The van der Waals surface area contributed by atoms with E-state index >= 15 is 0 Å². The van der Waals surface area contributed by atoms with Crippen molar-refractivity contribution in [2.24, 2.45) is 0 Å². The Morgan fingerprint density at radius 3 is 2.31 bits per heavy atom. The average molecular weight is 258 g/mol. The predicted octanol–water partition coefficient (Wildman–Crippen LogP) is 2.28. The molecule has 0 heterocycles. The van der Waals surface area contributed by atoms with Crippen LogP contribution in [-0.4, -0.2) is 27.9 Å². The van der Waals surface area contributed by atoms with Crippen LogP contribution in [0.3, 0.4) is 0 Å². The van der Waals surface area contributed by atoms with Crippen LogP contribution in [0.25, 0.3) is 0 Å². The third kappa shape index (κ3) is 4.16. The summed E-state index contributed by atoms with van der Waals surface area (Å²) in [6.45, 7) is 0. The van der Waals surface area contributed by atoms with Crippen molar-refractivity contribution in [2.75, 3.05) is 5.75 Å². The molecule has 0 spiro atoms. The molecule has 0 aromatic heterocycles. The van der Waals surface area contributed by atoms with Crippen molar-refractivity contribution >= 4 is 33.5 Å². The number of aliphatic carboxylic acids is 2. The Bertz CT molecular complexity index is 366. The van der Waals surface area contributed by atoms with Crippen molar-refractivity contribution in [3.63, 3.8) is 0 Å². The molecule has 0 radical (unpaired) electrons. The monoisotopic (exact) mass is 258 g/mol. The highest BCUT2D eigenvalue weighted by atomic mass is 33.1. The highest BCUT2D eigenvalue weighted by molar-refractivity contribution is 8.77. The minimum absolute atomic E-state index is 0.110. The predicted molar refractivity (Wildman–Crippen MR) is 64.5 cm³/mol. The molecule has 0 saturated carbocycles. The van der Waals surface area contributed by atoms with Gasteiger partial charge in [-0.15, -0.1) is 0 Å². The molecule has 1 unspecified atom stereocenters. The van der Waals surface area contributed by atoms with Gasteiger partial charge in [0.1, 0.15) is 11.0 Å². The Balaban J connectivity index is 2.62. The Labute approximate surface area is 100 Å². The van der Waals surface area contributed by atoms with Crippen molar-refractivity contribution in [3.8, 4) is 0 Å². The zero-order valence-corrected chi connectivity index (χ0v) is 9.83. The lowest BCUT2D eigenvalue weighted by atomic mass is 10.1. The summed E-state index contributed by atoms with van der Waals surface area (Å²) in [7, 11) is 2.08. The maximum Gasteiger partial charge on any atom is 0.322 e. The number of carboxylic acids is 2. The average Bonchev–Trinajstić information content (AvgIpc) is 2.25. The quantitative estimate of drug-likeness (QED) is 0.762. The molecule has 0 saturated heterocycles. The number of rotatable bonds is 6. The first-order chi connectivity index (χ1) is 7.61. The van der Waals surface area contributed by atoms with Gasteiger partial charge in [-0.05, 0) is 5.56 Å². The fraction of sp³-hybridized carbons (Fsp3) is 0.200. The van der Waals surface area contributed by atoms with E-state index in [1.807, 2.05) is 0 Å². The van der Waals surface area contributed by atoms with Crippen LogP contribution in [0, 0.1) is 0 Å². The van der Waals surface area contributed by atoms with Gasteiger partial charge >= 0.3 is 11.9 Å². The van der Waals surface area contributed by atoms with Crippen molar-refractivity contribution < 1.29 is 19.8 Å². The molecule has 1 atom stereocenters. The highest BCUT2D eigenvalue weighted by Gasteiger charge is 2.20. The smallest absolute Gasteiger partial charge is 0.322 e. The van der Waals surface area contributed by atoms with Crippen LogP contribution in [0.15, 0.2) is 30.3 Å². The van der Waals surface area contributed by atoms with Crippen LogP contribution in [0.1, 0.15) is 10.8 Å². The van der Waals surface area contributed by atoms with E-state index in [4.69, 9.17) is 10.2 Å². The summed E-state index contributed by atoms with van der Waals surface area (Å²) < 4.78 is 0. The maximum atomic E-state index is 11.0. The summed E-state index contributed by atoms with van der Waals surface area (Å²) in [5, 5.41) is 16.7. The standard InChI is InChI=1S/C10H10O4S2/c11-8(12)6-15-16-9(10(13)14)7-4-2-1-3-5-7/h1-5,9H,6H2,(H,11,12)(H,13,14). The molecule has 0 aliphatic carbocycles. The molecule has 0 aliphatic heterocycles. The third-order valence-electron chi connectivity index (χ3n) is 1.67. The van der Waals surface area contributed by atoms with E-state index in [0.717, 1.165) is 21.6 Å². The van der Waals surface area contributed by atoms with E-state index in [1.165, 1.54) is 0 Å². The number of hydrogen-bond donors (Lipinski definition) is 2. The lowest BCUT2D eigenvalue weighted by Crippen LogP contribution is -2.07. The second-order valence-electron chi connectivity index (χ2n) is 2.88. The van der Waals surface area contributed by atoms with Gasteiger partial charge in [0.25, 0.3) is 0 Å². The number of benzene rings is 1. The first-order valence-corrected chi connectivity index (χ1v) is 6.77. The van der Waals surface area contributed by atoms with Gasteiger partial charge in [0.15, 0.2) is 0 Å². The zero-order valence-electron chi connectivity index (χ0n) is 8.20. The molecule has 2 N–H and O–H groups in total. The summed E-state index contributed by atoms with van der Waals surface area (Å²) in [4.78, 5) is 21.3. The number of carbonyl (C=O) groups is 2. The van der Waals surface area contributed by atoms with E-state index < -0.39 is 17.2 Å². The molecule has 16 heavy (non-hydrogen) atoms. The van der Waals surface area contributed by atoms with Gasteiger partial charge in [-0.1, -0.05) is 51.9 Å². The first-order valence-electron chi connectivity index (χ1n) is 4.39. The van der Waals surface area contributed by atoms with Crippen LogP contribution in [0.4, 0.5) is 0 Å². The van der Waals surface area contributed by atoms with E-state index in [1.54, 1.807) is 30.3 Å². The van der Waals surface area contributed by atoms with Gasteiger partial charge in [0.05, 0.1) is 0 Å². The first kappa shape index (κ1) is 12.9. The van der Waals surface area contributed by atoms with Crippen molar-refractivity contribution in [2.45, 2.75) is 5.25 Å². The molecule has 0 amide bonds. The Morgan fingerprint density at radius 2 is 1.81 bits per heavy atom. The van der Waals surface area contributed by atoms with Crippen LogP contribution in [0.2, 0.25) is 0 Å². The molecule has 0 aliphatic rings. The van der Waals surface area contributed by atoms with E-state index in [9.17, 15) is 9.59 Å². The summed E-state index contributed by atoms with van der Waals surface area (Å²) in [5.41, 5.74) is 0.665. The second-order valence-corrected chi connectivity index (χ2v) is 5.35. The van der Waals surface area contributed by atoms with Gasteiger partial charge in [0.2, 0.25) is 0 Å². The van der Waals surface area contributed by atoms with E-state index in [-0.39, 0.29) is 5.75 Å². The highest BCUT2D eigenvalue weighted by Crippen LogP contribution is 2.37. The molecular weight excluding hydrogens is 248 g/mol. The van der Waals surface area contributed by atoms with E-state index in [0.29, 0.717) is 5.56 Å². The summed E-state index contributed by atoms with van der Waals surface area (Å²) in [6.07, 6.45) is 0. The largest absolute Gasteiger partial charge is 0.481 e. The molecule has 1 aromatic rings. The molecule has 0 bridgehead atoms. The van der Waals surface area contributed by atoms with Crippen molar-refractivity contribution in [1.29, 1.82) is 0 Å². The van der Waals surface area contributed by atoms with Crippen LogP contribution in [-0.2, 0) is 9.59 Å². The molecule has 1 rings (SSSR count). The molecule has 1 aromatic carbocycles. The van der Waals surface area contributed by atoms with E-state index in [2.05, 4.69) is 0 Å².